The highest BCUT2D eigenvalue weighted by atomic mass is 16.5. The summed E-state index contributed by atoms with van der Waals surface area (Å²) in [5.74, 6) is 1.19. The molecular formula is C20H22N6O3. The molecule has 29 heavy (non-hydrogen) atoms. The number of hydrogen-bond acceptors (Lipinski definition) is 5. The van der Waals surface area contributed by atoms with Gasteiger partial charge in [-0.1, -0.05) is 12.1 Å². The first kappa shape index (κ1) is 18.7. The van der Waals surface area contributed by atoms with Crippen molar-refractivity contribution in [3.8, 4) is 17.1 Å². The molecular weight excluding hydrogens is 372 g/mol. The Hall–Kier alpha value is -3.62. The third-order valence-corrected chi connectivity index (χ3v) is 4.67. The second-order valence-corrected chi connectivity index (χ2v) is 6.75. The van der Waals surface area contributed by atoms with Crippen LogP contribution in [0, 0.1) is 0 Å². The zero-order valence-electron chi connectivity index (χ0n) is 16.0. The van der Waals surface area contributed by atoms with Gasteiger partial charge in [0.15, 0.2) is 5.82 Å². The number of amides is 2. The topological polar surface area (TPSA) is 103 Å². The van der Waals surface area contributed by atoms with E-state index in [1.54, 1.807) is 36.2 Å². The van der Waals surface area contributed by atoms with Crippen LogP contribution in [0.4, 0.5) is 10.5 Å². The molecule has 0 spiro atoms. The van der Waals surface area contributed by atoms with Gasteiger partial charge >= 0.3 is 11.7 Å². The molecule has 0 unspecified atom stereocenters. The number of carbonyl (C=O) groups excluding carboxylic acids is 1. The molecule has 3 aromatic rings. The Morgan fingerprint density at radius 2 is 2.07 bits per heavy atom. The van der Waals surface area contributed by atoms with E-state index in [4.69, 9.17) is 4.74 Å². The number of pyridine rings is 1. The summed E-state index contributed by atoms with van der Waals surface area (Å²) >= 11 is 0. The van der Waals surface area contributed by atoms with Crippen LogP contribution in [-0.4, -0.2) is 39.0 Å². The number of hydrogen-bond donors (Lipinski definition) is 2. The highest BCUT2D eigenvalue weighted by Crippen LogP contribution is 2.36. The van der Waals surface area contributed by atoms with Crippen molar-refractivity contribution in [3.63, 3.8) is 0 Å². The first-order valence-corrected chi connectivity index (χ1v) is 9.45. The molecule has 1 saturated carbocycles. The summed E-state index contributed by atoms with van der Waals surface area (Å²) in [6.07, 6.45) is 5.32. The van der Waals surface area contributed by atoms with E-state index in [1.807, 2.05) is 24.3 Å². The van der Waals surface area contributed by atoms with Crippen LogP contribution in [0.15, 0.2) is 53.6 Å². The molecule has 9 heteroatoms. The molecule has 0 bridgehead atoms. The van der Waals surface area contributed by atoms with Crippen LogP contribution in [0.25, 0.3) is 11.4 Å². The quantitative estimate of drug-likeness (QED) is 0.640. The van der Waals surface area contributed by atoms with Crippen molar-refractivity contribution >= 4 is 11.7 Å². The number of nitrogens with zero attached hydrogens (tertiary/aromatic N) is 4. The molecule has 4 rings (SSSR count). The minimum atomic E-state index is -0.378. The summed E-state index contributed by atoms with van der Waals surface area (Å²) in [6.45, 7) is 0.528. The average Bonchev–Trinajstić information content (AvgIpc) is 3.53. The molecule has 0 aliphatic heterocycles. The van der Waals surface area contributed by atoms with Crippen molar-refractivity contribution in [3.05, 3.63) is 59.3 Å². The van der Waals surface area contributed by atoms with Crippen molar-refractivity contribution in [2.45, 2.75) is 25.4 Å². The van der Waals surface area contributed by atoms with E-state index in [2.05, 4.69) is 20.7 Å². The maximum atomic E-state index is 12.8. The number of urea groups is 1. The van der Waals surface area contributed by atoms with Crippen LogP contribution < -0.4 is 21.1 Å². The first-order valence-electron chi connectivity index (χ1n) is 9.45. The number of carbonyl (C=O) groups is 1. The van der Waals surface area contributed by atoms with Gasteiger partial charge < -0.3 is 15.4 Å². The van der Waals surface area contributed by atoms with Crippen molar-refractivity contribution in [1.29, 1.82) is 0 Å². The van der Waals surface area contributed by atoms with Crippen molar-refractivity contribution in [1.82, 2.24) is 24.6 Å². The lowest BCUT2D eigenvalue weighted by molar-refractivity contribution is 0.251. The van der Waals surface area contributed by atoms with E-state index in [0.717, 1.165) is 18.4 Å². The van der Waals surface area contributed by atoms with Gasteiger partial charge in [-0.15, -0.1) is 5.10 Å². The van der Waals surface area contributed by atoms with Gasteiger partial charge in [0.05, 0.1) is 19.3 Å². The zero-order valence-corrected chi connectivity index (χ0v) is 16.0. The summed E-state index contributed by atoms with van der Waals surface area (Å²) in [5.41, 5.74) is 1.21. The monoisotopic (exact) mass is 394 g/mol. The van der Waals surface area contributed by atoms with Gasteiger partial charge in [0.2, 0.25) is 0 Å². The zero-order chi connectivity index (χ0) is 20.2. The van der Waals surface area contributed by atoms with Gasteiger partial charge in [0.25, 0.3) is 0 Å². The molecule has 9 nitrogen and oxygen atoms in total. The largest absolute Gasteiger partial charge is 0.495 e. The molecule has 0 radical (unpaired) electrons. The lowest BCUT2D eigenvalue weighted by Crippen LogP contribution is -2.34. The molecule has 1 aromatic carbocycles. The normalized spacial score (nSPS) is 13.1. The number of ether oxygens (including phenoxy) is 1. The standard InChI is InChI=1S/C20H22N6O3/c1-29-17-7-3-2-6-16(17)23-19(27)22-11-12-25-20(28)26(15-8-9-15)18(24-25)14-5-4-10-21-13-14/h2-7,10,13,15H,8-9,11-12H2,1H3,(H2,22,23,27). The van der Waals surface area contributed by atoms with E-state index in [1.165, 1.54) is 4.68 Å². The van der Waals surface area contributed by atoms with Crippen LogP contribution in [-0.2, 0) is 6.54 Å². The van der Waals surface area contributed by atoms with Gasteiger partial charge in [0, 0.05) is 30.5 Å². The van der Waals surface area contributed by atoms with Crippen molar-refractivity contribution < 1.29 is 9.53 Å². The number of anilines is 1. The SMILES string of the molecule is COc1ccccc1NC(=O)NCCn1nc(-c2cccnc2)n(C2CC2)c1=O. The summed E-state index contributed by atoms with van der Waals surface area (Å²) < 4.78 is 8.34. The first-order chi connectivity index (χ1) is 14.2. The lowest BCUT2D eigenvalue weighted by Gasteiger charge is -2.10. The van der Waals surface area contributed by atoms with Crippen LogP contribution in [0.3, 0.4) is 0 Å². The second kappa shape index (κ2) is 8.17. The number of benzene rings is 1. The Balaban J connectivity index is 1.42. The Kier molecular flexibility index (Phi) is 5.28. The number of nitrogens with one attached hydrogen (secondary N) is 2. The highest BCUT2D eigenvalue weighted by molar-refractivity contribution is 5.90. The highest BCUT2D eigenvalue weighted by Gasteiger charge is 2.30. The molecule has 150 valence electrons. The molecule has 2 N–H and O–H groups in total. The molecule has 1 aliphatic carbocycles. The maximum absolute atomic E-state index is 12.8. The molecule has 2 aromatic heterocycles. The molecule has 2 amide bonds. The smallest absolute Gasteiger partial charge is 0.346 e. The maximum Gasteiger partial charge on any atom is 0.346 e. The van der Waals surface area contributed by atoms with Gasteiger partial charge in [-0.3, -0.25) is 9.55 Å². The number of aromatic nitrogens is 4. The summed E-state index contributed by atoms with van der Waals surface area (Å²) in [6, 6.07) is 10.7. The van der Waals surface area contributed by atoms with E-state index in [9.17, 15) is 9.59 Å². The Labute approximate surface area is 167 Å². The van der Waals surface area contributed by atoms with E-state index < -0.39 is 0 Å². The van der Waals surface area contributed by atoms with Crippen LogP contribution >= 0.6 is 0 Å². The molecule has 0 atom stereocenters. The van der Waals surface area contributed by atoms with Crippen LogP contribution in [0.5, 0.6) is 5.75 Å². The van der Waals surface area contributed by atoms with Crippen LogP contribution in [0.2, 0.25) is 0 Å². The number of methoxy groups -OCH3 is 1. The number of rotatable bonds is 7. The van der Waals surface area contributed by atoms with E-state index >= 15 is 0 Å². The minimum absolute atomic E-state index is 0.168. The van der Waals surface area contributed by atoms with Gasteiger partial charge in [-0.05, 0) is 37.1 Å². The van der Waals surface area contributed by atoms with Crippen molar-refractivity contribution in [2.24, 2.45) is 0 Å². The lowest BCUT2D eigenvalue weighted by atomic mass is 10.3. The Bertz CT molecular complexity index is 1060. The fourth-order valence-electron chi connectivity index (χ4n) is 3.11. The van der Waals surface area contributed by atoms with Gasteiger partial charge in [0.1, 0.15) is 5.75 Å². The number of para-hydroxylation sites is 2. The molecule has 1 fully saturated rings. The van der Waals surface area contributed by atoms with Gasteiger partial charge in [-0.25, -0.2) is 14.3 Å². The minimum Gasteiger partial charge on any atom is -0.495 e. The predicted octanol–water partition coefficient (Wildman–Crippen LogP) is 2.27. The summed E-state index contributed by atoms with van der Waals surface area (Å²) in [5, 5.41) is 9.97. The Morgan fingerprint density at radius 3 is 2.79 bits per heavy atom. The Morgan fingerprint density at radius 1 is 1.24 bits per heavy atom. The summed E-state index contributed by atoms with van der Waals surface area (Å²) in [4.78, 5) is 29.1. The molecule has 1 aliphatic rings. The third-order valence-electron chi connectivity index (χ3n) is 4.67. The molecule has 0 saturated heterocycles. The second-order valence-electron chi connectivity index (χ2n) is 6.75. The summed E-state index contributed by atoms with van der Waals surface area (Å²) in [7, 11) is 1.54. The fourth-order valence-corrected chi connectivity index (χ4v) is 3.11. The van der Waals surface area contributed by atoms with Crippen LogP contribution in [0.1, 0.15) is 18.9 Å². The van der Waals surface area contributed by atoms with Crippen molar-refractivity contribution in [2.75, 3.05) is 19.0 Å². The molecule has 2 heterocycles. The average molecular weight is 394 g/mol. The van der Waals surface area contributed by atoms with Gasteiger partial charge in [-0.2, -0.15) is 0 Å². The van der Waals surface area contributed by atoms with E-state index in [-0.39, 0.29) is 30.9 Å². The van der Waals surface area contributed by atoms with E-state index in [0.29, 0.717) is 17.3 Å². The fraction of sp³-hybridized carbons (Fsp3) is 0.300. The third kappa shape index (κ3) is 4.13. The predicted molar refractivity (Wildman–Crippen MR) is 108 cm³/mol.